The molecule has 0 fully saturated rings. The van der Waals surface area contributed by atoms with Crippen LogP contribution in [0.15, 0.2) is 54.6 Å². The number of carboxylic acids is 1. The van der Waals surface area contributed by atoms with E-state index in [0.717, 1.165) is 0 Å². The Morgan fingerprint density at radius 3 is 2.11 bits per heavy atom. The van der Waals surface area contributed by atoms with Gasteiger partial charge in [0, 0.05) is 23.5 Å². The van der Waals surface area contributed by atoms with Crippen LogP contribution in [0.5, 0.6) is 0 Å². The second-order valence-corrected chi connectivity index (χ2v) is 3.90. The van der Waals surface area contributed by atoms with Gasteiger partial charge in [-0.15, -0.1) is 0 Å². The number of hydrogen-bond donors (Lipinski definition) is 0. The summed E-state index contributed by atoms with van der Waals surface area (Å²) in [6.45, 7) is 0. The van der Waals surface area contributed by atoms with Crippen LogP contribution in [0.1, 0.15) is 21.5 Å². The van der Waals surface area contributed by atoms with E-state index in [-0.39, 0.29) is 63.6 Å². The average molecular weight is 278 g/mol. The van der Waals surface area contributed by atoms with Gasteiger partial charge in [0.25, 0.3) is 0 Å². The van der Waals surface area contributed by atoms with Crippen molar-refractivity contribution in [1.29, 1.82) is 0 Å². The van der Waals surface area contributed by atoms with E-state index in [1.54, 1.807) is 48.5 Å². The minimum absolute atomic E-state index is 0. The van der Waals surface area contributed by atoms with Crippen LogP contribution in [0.25, 0.3) is 0 Å². The van der Waals surface area contributed by atoms with Gasteiger partial charge in [0.05, 0.1) is 0 Å². The van der Waals surface area contributed by atoms with E-state index < -0.39 is 5.97 Å². The summed E-state index contributed by atoms with van der Waals surface area (Å²) < 4.78 is 0. The van der Waals surface area contributed by atoms with Crippen LogP contribution in [0.3, 0.4) is 0 Å². The summed E-state index contributed by atoms with van der Waals surface area (Å²) in [4.78, 5) is 22.9. The fourth-order valence-corrected chi connectivity index (χ4v) is 1.80. The molecule has 2 aromatic rings. The monoisotopic (exact) mass is 278 g/mol. The van der Waals surface area contributed by atoms with Crippen LogP contribution < -0.4 is 56.5 Å². The Hall–Kier alpha value is -0.784. The maximum absolute atomic E-state index is 12.2. The summed E-state index contributed by atoms with van der Waals surface area (Å²) in [6, 6.07) is 15.5. The molecule has 0 radical (unpaired) electrons. The molecule has 0 heterocycles. The van der Waals surface area contributed by atoms with Crippen molar-refractivity contribution in [1.82, 2.24) is 0 Å². The molecule has 0 bridgehead atoms. The summed E-state index contributed by atoms with van der Waals surface area (Å²) in [5, 5.41) is 10.7. The zero-order valence-corrected chi connectivity index (χ0v) is 13.8. The molecular weight excluding hydrogens is 267 g/mol. The smallest absolute Gasteiger partial charge is 0.550 e. The maximum atomic E-state index is 12.2. The Morgan fingerprint density at radius 2 is 1.47 bits per heavy atom. The summed E-state index contributed by atoms with van der Waals surface area (Å²) in [6.07, 6.45) is -0.255. The van der Waals surface area contributed by atoms with E-state index >= 15 is 0 Å². The Kier molecular flexibility index (Phi) is 6.61. The average Bonchev–Trinajstić information content (AvgIpc) is 2.39. The minimum atomic E-state index is -1.19. The first-order valence-corrected chi connectivity index (χ1v) is 5.56. The Labute approximate surface area is 154 Å². The van der Waals surface area contributed by atoms with Gasteiger partial charge >= 0.3 is 51.4 Å². The summed E-state index contributed by atoms with van der Waals surface area (Å²) >= 11 is 0. The molecule has 3 nitrogen and oxygen atoms in total. The molecule has 0 unspecified atom stereocenters. The van der Waals surface area contributed by atoms with Gasteiger partial charge in [-0.1, -0.05) is 54.6 Å². The van der Waals surface area contributed by atoms with Crippen molar-refractivity contribution in [2.24, 2.45) is 0 Å². The molecule has 0 aromatic heterocycles. The quantitative estimate of drug-likeness (QED) is 0.490. The molecule has 0 aliphatic carbocycles. The first-order chi connectivity index (χ1) is 8.68. The van der Waals surface area contributed by atoms with Crippen molar-refractivity contribution < 1.29 is 66.1 Å². The second-order valence-electron chi connectivity index (χ2n) is 3.90. The molecule has 0 spiro atoms. The largest absolute Gasteiger partial charge is 1.00 e. The van der Waals surface area contributed by atoms with Crippen molar-refractivity contribution in [2.75, 3.05) is 0 Å². The number of aliphatic carboxylic acids is 1. The van der Waals surface area contributed by atoms with Crippen molar-refractivity contribution >= 4 is 11.8 Å². The fourth-order valence-electron chi connectivity index (χ4n) is 1.80. The topological polar surface area (TPSA) is 57.2 Å². The van der Waals surface area contributed by atoms with Crippen molar-refractivity contribution in [3.05, 3.63) is 71.3 Å². The molecule has 0 N–H and O–H groups in total. The summed E-state index contributed by atoms with van der Waals surface area (Å²) in [5.41, 5.74) is 1.43. The normalized spacial score (nSPS) is 9.47. The number of hydrogen-bond acceptors (Lipinski definition) is 3. The molecule has 19 heavy (non-hydrogen) atoms. The number of rotatable bonds is 4. The van der Waals surface area contributed by atoms with Crippen molar-refractivity contribution in [3.63, 3.8) is 0 Å². The Bertz CT molecular complexity index is 579. The predicted molar refractivity (Wildman–Crippen MR) is 65.0 cm³/mol. The van der Waals surface area contributed by atoms with E-state index in [9.17, 15) is 14.7 Å². The summed E-state index contributed by atoms with van der Waals surface area (Å²) in [5.74, 6) is -1.37. The first-order valence-electron chi connectivity index (χ1n) is 5.56. The summed E-state index contributed by atoms with van der Waals surface area (Å²) in [7, 11) is 0. The van der Waals surface area contributed by atoms with Gasteiger partial charge in [-0.05, 0) is 5.56 Å². The van der Waals surface area contributed by atoms with Crippen LogP contribution in [0.4, 0.5) is 0 Å². The van der Waals surface area contributed by atoms with Gasteiger partial charge in [-0.2, -0.15) is 0 Å². The molecule has 4 heteroatoms. The Morgan fingerprint density at radius 1 is 0.895 bits per heavy atom. The number of carbonyl (C=O) groups is 2. The van der Waals surface area contributed by atoms with E-state index in [0.29, 0.717) is 16.7 Å². The third-order valence-electron chi connectivity index (χ3n) is 2.63. The Balaban J connectivity index is 0.00000180. The molecule has 0 aliphatic heterocycles. The van der Waals surface area contributed by atoms with Crippen LogP contribution in [0, 0.1) is 0 Å². The van der Waals surface area contributed by atoms with Gasteiger partial charge in [0.2, 0.25) is 0 Å². The standard InChI is InChI=1S/C15H12O3.K/c16-14(17)10-12-8-4-5-9-13(12)15(18)11-6-2-1-3-7-11;/h1-9H,10H2,(H,16,17);/q;+1/p-1. The van der Waals surface area contributed by atoms with Gasteiger partial charge in [0.15, 0.2) is 5.78 Å². The molecular formula is C15H11KO3. The van der Waals surface area contributed by atoms with Crippen LogP contribution in [-0.2, 0) is 11.2 Å². The third kappa shape index (κ3) is 4.37. The molecule has 0 amide bonds. The first kappa shape index (κ1) is 16.3. The van der Waals surface area contributed by atoms with E-state index in [4.69, 9.17) is 0 Å². The molecule has 0 saturated heterocycles. The molecule has 90 valence electrons. The minimum Gasteiger partial charge on any atom is -0.550 e. The predicted octanol–water partition coefficient (Wildman–Crippen LogP) is -1.79. The van der Waals surface area contributed by atoms with Crippen molar-refractivity contribution in [2.45, 2.75) is 6.42 Å². The zero-order valence-electron chi connectivity index (χ0n) is 10.6. The SMILES string of the molecule is O=C([O-])Cc1ccccc1C(=O)c1ccccc1.[K+]. The van der Waals surface area contributed by atoms with Gasteiger partial charge in [0.1, 0.15) is 0 Å². The molecule has 0 atom stereocenters. The van der Waals surface area contributed by atoms with E-state index in [2.05, 4.69) is 0 Å². The van der Waals surface area contributed by atoms with Gasteiger partial charge in [-0.25, -0.2) is 0 Å². The van der Waals surface area contributed by atoms with Gasteiger partial charge < -0.3 is 9.90 Å². The maximum Gasteiger partial charge on any atom is 1.00 e. The number of benzene rings is 2. The van der Waals surface area contributed by atoms with Crippen LogP contribution in [-0.4, -0.2) is 11.8 Å². The van der Waals surface area contributed by atoms with Crippen molar-refractivity contribution in [3.8, 4) is 0 Å². The van der Waals surface area contributed by atoms with E-state index in [1.165, 1.54) is 0 Å². The fraction of sp³-hybridized carbons (Fsp3) is 0.0667. The third-order valence-corrected chi connectivity index (χ3v) is 2.63. The van der Waals surface area contributed by atoms with E-state index in [1.807, 2.05) is 6.07 Å². The molecule has 0 aliphatic rings. The number of ketones is 1. The molecule has 2 aromatic carbocycles. The van der Waals surface area contributed by atoms with Crippen LogP contribution >= 0.6 is 0 Å². The second kappa shape index (κ2) is 7.72. The molecule has 0 saturated carbocycles. The molecule has 2 rings (SSSR count). The van der Waals surface area contributed by atoms with Gasteiger partial charge in [-0.3, -0.25) is 4.79 Å². The van der Waals surface area contributed by atoms with Crippen LogP contribution in [0.2, 0.25) is 0 Å². The number of carboxylic acid groups (broad SMARTS) is 1. The number of carbonyl (C=O) groups excluding carboxylic acids is 2. The zero-order chi connectivity index (χ0) is 13.0.